The molecule has 5 nitrogen and oxygen atoms in total. The molecule has 0 radical (unpaired) electrons. The van der Waals surface area contributed by atoms with Gasteiger partial charge in [0, 0.05) is 11.3 Å². The van der Waals surface area contributed by atoms with Crippen LogP contribution in [0.5, 0.6) is 11.5 Å². The minimum atomic E-state index is -0.193. The summed E-state index contributed by atoms with van der Waals surface area (Å²) in [5, 5.41) is 2.98. The van der Waals surface area contributed by atoms with Crippen molar-refractivity contribution in [2.45, 2.75) is 111 Å². The number of unbranched alkanes of at least 4 members (excludes halogenated alkanes) is 9. The standard InChI is InChI=1S/C35H50N2O3S.BrH/c1-6-7-8-9-10-11-12-13-14-15-21-39-33-23-30(35(3,4)5)19-20-32(33)40-26-34(38)36-31-18-16-17-29(22-31)25-37-24-28(2)41-27-37;/h16-20,22-24,27H,6-15,21,25-26H2,1-5H3;1H. The van der Waals surface area contributed by atoms with Crippen molar-refractivity contribution in [2.75, 3.05) is 18.5 Å². The van der Waals surface area contributed by atoms with Gasteiger partial charge >= 0.3 is 0 Å². The van der Waals surface area contributed by atoms with E-state index >= 15 is 0 Å². The van der Waals surface area contributed by atoms with Crippen LogP contribution in [0.4, 0.5) is 5.69 Å². The summed E-state index contributed by atoms with van der Waals surface area (Å²) in [6.07, 6.45) is 15.0. The first-order valence-corrected chi connectivity index (χ1v) is 16.4. The number of amides is 1. The molecule has 0 aliphatic heterocycles. The minimum absolute atomic E-state index is 0. The van der Waals surface area contributed by atoms with Gasteiger partial charge in [-0.25, -0.2) is 0 Å². The molecule has 0 saturated heterocycles. The Hall–Kier alpha value is -2.38. The molecule has 0 aliphatic carbocycles. The van der Waals surface area contributed by atoms with E-state index in [1.807, 2.05) is 24.3 Å². The molecule has 0 bridgehead atoms. The number of ether oxygens (including phenoxy) is 2. The molecular formula is C35H51BrN2O3S. The summed E-state index contributed by atoms with van der Waals surface area (Å²) in [7, 11) is 0. The van der Waals surface area contributed by atoms with Crippen molar-refractivity contribution in [2.24, 2.45) is 0 Å². The quantitative estimate of drug-likeness (QED) is 0.135. The number of halogens is 1. The number of hydrogen-bond donors (Lipinski definition) is 1. The summed E-state index contributed by atoms with van der Waals surface area (Å²) in [5.74, 6) is 1.13. The molecule has 1 N–H and O–H groups in total. The van der Waals surface area contributed by atoms with E-state index < -0.39 is 0 Å². The van der Waals surface area contributed by atoms with Crippen molar-refractivity contribution in [1.29, 1.82) is 0 Å². The average Bonchev–Trinajstić information content (AvgIpc) is 3.34. The van der Waals surface area contributed by atoms with Gasteiger partial charge in [-0.05, 0) is 48.6 Å². The summed E-state index contributed by atoms with van der Waals surface area (Å²) in [5.41, 5.74) is 5.19. The minimum Gasteiger partial charge on any atom is -1.00 e. The zero-order valence-electron chi connectivity index (χ0n) is 26.3. The normalized spacial score (nSPS) is 11.2. The molecule has 42 heavy (non-hydrogen) atoms. The number of hydrogen-bond acceptors (Lipinski definition) is 4. The van der Waals surface area contributed by atoms with Crippen molar-refractivity contribution in [3.05, 3.63) is 70.2 Å². The SMILES string of the molecule is CCCCCCCCCCCCOc1cc(C(C)(C)C)ccc1OCC(=O)Nc1cccc(C[n+]2csc(C)c2)c1.[Br-]. The third kappa shape index (κ3) is 13.3. The van der Waals surface area contributed by atoms with Crippen molar-refractivity contribution in [3.8, 4) is 11.5 Å². The number of aromatic nitrogens is 1. The van der Waals surface area contributed by atoms with Gasteiger partial charge in [-0.1, -0.05) is 115 Å². The highest BCUT2D eigenvalue weighted by Gasteiger charge is 2.18. The van der Waals surface area contributed by atoms with E-state index in [1.165, 1.54) is 68.2 Å². The topological polar surface area (TPSA) is 51.4 Å². The van der Waals surface area contributed by atoms with Crippen molar-refractivity contribution in [3.63, 3.8) is 0 Å². The number of carbonyl (C=O) groups excluding carboxylic acids is 1. The van der Waals surface area contributed by atoms with Crippen LogP contribution in [0.25, 0.3) is 0 Å². The van der Waals surface area contributed by atoms with Crippen LogP contribution in [0, 0.1) is 6.92 Å². The number of nitrogens with one attached hydrogen (secondary N) is 1. The molecule has 7 heteroatoms. The number of rotatable bonds is 18. The van der Waals surface area contributed by atoms with Gasteiger partial charge in [0.05, 0.1) is 11.5 Å². The van der Waals surface area contributed by atoms with Crippen LogP contribution < -0.4 is 36.3 Å². The number of thiazole rings is 1. The monoisotopic (exact) mass is 658 g/mol. The number of aryl methyl sites for hydroxylation is 1. The van der Waals surface area contributed by atoms with Crippen LogP contribution in [-0.4, -0.2) is 19.1 Å². The van der Waals surface area contributed by atoms with Crippen LogP contribution in [0.2, 0.25) is 0 Å². The van der Waals surface area contributed by atoms with E-state index in [0.29, 0.717) is 18.1 Å². The number of carbonyl (C=O) groups is 1. The Balaban J connectivity index is 0.00000616. The Labute approximate surface area is 268 Å². The summed E-state index contributed by atoms with van der Waals surface area (Å²) in [6, 6.07) is 14.0. The van der Waals surface area contributed by atoms with E-state index in [2.05, 4.69) is 74.4 Å². The molecule has 0 unspecified atom stereocenters. The summed E-state index contributed by atoms with van der Waals surface area (Å²) in [4.78, 5) is 14.0. The molecule has 0 saturated carbocycles. The smallest absolute Gasteiger partial charge is 0.262 e. The Morgan fingerprint density at radius 2 is 1.57 bits per heavy atom. The molecule has 2 aromatic carbocycles. The fourth-order valence-electron chi connectivity index (χ4n) is 4.80. The summed E-state index contributed by atoms with van der Waals surface area (Å²) >= 11 is 1.72. The van der Waals surface area contributed by atoms with Crippen LogP contribution >= 0.6 is 11.3 Å². The highest BCUT2D eigenvalue weighted by molar-refractivity contribution is 7.09. The van der Waals surface area contributed by atoms with Gasteiger partial charge in [-0.3, -0.25) is 4.79 Å². The van der Waals surface area contributed by atoms with Crippen LogP contribution in [0.3, 0.4) is 0 Å². The maximum Gasteiger partial charge on any atom is 0.262 e. The van der Waals surface area contributed by atoms with Crippen LogP contribution in [-0.2, 0) is 16.8 Å². The van der Waals surface area contributed by atoms with E-state index in [0.717, 1.165) is 24.2 Å². The molecule has 0 fully saturated rings. The predicted octanol–water partition coefficient (Wildman–Crippen LogP) is 6.01. The Kier molecular flexibility index (Phi) is 16.2. The van der Waals surface area contributed by atoms with E-state index in [1.54, 1.807) is 11.3 Å². The van der Waals surface area contributed by atoms with E-state index in [4.69, 9.17) is 9.47 Å². The first-order chi connectivity index (χ1) is 19.7. The Morgan fingerprint density at radius 1 is 0.881 bits per heavy atom. The van der Waals surface area contributed by atoms with Crippen molar-refractivity contribution < 1.29 is 35.8 Å². The highest BCUT2D eigenvalue weighted by Crippen LogP contribution is 2.33. The van der Waals surface area contributed by atoms with Crippen molar-refractivity contribution in [1.82, 2.24) is 0 Å². The van der Waals surface area contributed by atoms with Gasteiger partial charge < -0.3 is 31.8 Å². The lowest BCUT2D eigenvalue weighted by atomic mass is 9.87. The first kappa shape index (κ1) is 35.8. The molecule has 1 amide bonds. The zero-order valence-corrected chi connectivity index (χ0v) is 28.7. The second-order valence-electron chi connectivity index (χ2n) is 12.1. The van der Waals surface area contributed by atoms with Gasteiger partial charge in [-0.15, -0.1) is 0 Å². The molecule has 0 spiro atoms. The lowest BCUT2D eigenvalue weighted by Gasteiger charge is -2.21. The molecule has 3 rings (SSSR count). The largest absolute Gasteiger partial charge is 1.00 e. The third-order valence-electron chi connectivity index (χ3n) is 7.22. The van der Waals surface area contributed by atoms with Crippen molar-refractivity contribution >= 4 is 22.9 Å². The van der Waals surface area contributed by atoms with Gasteiger partial charge in [0.15, 0.2) is 30.8 Å². The first-order valence-electron chi connectivity index (χ1n) is 15.5. The number of nitrogens with zero attached hydrogens (tertiary/aromatic N) is 1. The fourth-order valence-corrected chi connectivity index (χ4v) is 5.44. The zero-order chi connectivity index (χ0) is 29.5. The number of anilines is 1. The second-order valence-corrected chi connectivity index (χ2v) is 13.2. The molecule has 3 aromatic rings. The highest BCUT2D eigenvalue weighted by atomic mass is 79.9. The summed E-state index contributed by atoms with van der Waals surface area (Å²) < 4.78 is 14.3. The third-order valence-corrected chi connectivity index (χ3v) is 8.07. The molecule has 0 atom stereocenters. The molecule has 1 aromatic heterocycles. The van der Waals surface area contributed by atoms with E-state index in [-0.39, 0.29) is 34.9 Å². The lowest BCUT2D eigenvalue weighted by molar-refractivity contribution is -0.683. The maximum absolute atomic E-state index is 12.8. The predicted molar refractivity (Wildman–Crippen MR) is 171 cm³/mol. The van der Waals surface area contributed by atoms with E-state index in [9.17, 15) is 4.79 Å². The average molecular weight is 660 g/mol. The summed E-state index contributed by atoms with van der Waals surface area (Å²) in [6.45, 7) is 12.3. The fraction of sp³-hybridized carbons (Fsp3) is 0.543. The van der Waals surface area contributed by atoms with Crippen LogP contribution in [0.15, 0.2) is 54.2 Å². The van der Waals surface area contributed by atoms with Gasteiger partial charge in [0.1, 0.15) is 0 Å². The molecular weight excluding hydrogens is 608 g/mol. The van der Waals surface area contributed by atoms with Gasteiger partial charge in [0.25, 0.3) is 5.91 Å². The van der Waals surface area contributed by atoms with Gasteiger partial charge in [0.2, 0.25) is 5.51 Å². The molecule has 1 heterocycles. The Bertz CT molecular complexity index is 1200. The number of benzene rings is 2. The molecule has 232 valence electrons. The second kappa shape index (κ2) is 19.0. The molecule has 0 aliphatic rings. The maximum atomic E-state index is 12.8. The van der Waals surface area contributed by atoms with Crippen LogP contribution in [0.1, 0.15) is 108 Å². The van der Waals surface area contributed by atoms with Gasteiger partial charge in [-0.2, -0.15) is 4.57 Å². The Morgan fingerprint density at radius 3 is 2.21 bits per heavy atom. The lowest BCUT2D eigenvalue weighted by Crippen LogP contribution is -3.00.